The van der Waals surface area contributed by atoms with Crippen LogP contribution in [0.5, 0.6) is 11.5 Å². The number of ether oxygens (including phenoxy) is 2. The first-order chi connectivity index (χ1) is 17.8. The predicted molar refractivity (Wildman–Crippen MR) is 156 cm³/mol. The molecule has 1 aromatic heterocycles. The van der Waals surface area contributed by atoms with Crippen molar-refractivity contribution in [2.75, 3.05) is 6.61 Å². The molecule has 6 nitrogen and oxygen atoms in total. The molecule has 0 bridgehead atoms. The highest BCUT2D eigenvalue weighted by molar-refractivity contribution is 14.1. The molecule has 0 amide bonds. The van der Waals surface area contributed by atoms with Gasteiger partial charge in [0.1, 0.15) is 18.2 Å². The maximum atomic E-state index is 14.1. The highest BCUT2D eigenvalue weighted by Gasteiger charge is 2.17. The standard InChI is InChI=1S/C28H26BrFIN3O3/c1-4-17(3)27-33-24-11-10-20(29)14-21(24)28(35)34(27)32-15-18-12-23(31)26(25(13-18)36-5-2)37-16-19-8-6-7-9-22(19)30/h6-15,17H,4-5,16H2,1-3H3/t17-/m0/s1. The fourth-order valence-electron chi connectivity index (χ4n) is 3.73. The lowest BCUT2D eigenvalue weighted by Gasteiger charge is -2.15. The lowest BCUT2D eigenvalue weighted by atomic mass is 10.1. The second kappa shape index (κ2) is 12.2. The minimum atomic E-state index is -0.321. The summed E-state index contributed by atoms with van der Waals surface area (Å²) in [5, 5.41) is 5.04. The van der Waals surface area contributed by atoms with Crippen molar-refractivity contribution in [3.63, 3.8) is 0 Å². The summed E-state index contributed by atoms with van der Waals surface area (Å²) >= 11 is 5.59. The van der Waals surface area contributed by atoms with Crippen LogP contribution < -0.4 is 15.0 Å². The van der Waals surface area contributed by atoms with Gasteiger partial charge in [0, 0.05) is 16.0 Å². The van der Waals surface area contributed by atoms with Crippen LogP contribution in [0.25, 0.3) is 10.9 Å². The van der Waals surface area contributed by atoms with Crippen molar-refractivity contribution in [3.8, 4) is 11.5 Å². The Balaban J connectivity index is 1.72. The van der Waals surface area contributed by atoms with Crippen molar-refractivity contribution >= 4 is 55.6 Å². The SMILES string of the molecule is CCOc1cc(C=Nn2c([C@@H](C)CC)nc3ccc(Br)cc3c2=O)cc(I)c1OCc1ccccc1F. The Labute approximate surface area is 236 Å². The zero-order valence-corrected chi connectivity index (χ0v) is 24.4. The van der Waals surface area contributed by atoms with E-state index in [9.17, 15) is 9.18 Å². The summed E-state index contributed by atoms with van der Waals surface area (Å²) in [6.45, 7) is 6.45. The van der Waals surface area contributed by atoms with E-state index in [4.69, 9.17) is 14.5 Å². The molecule has 37 heavy (non-hydrogen) atoms. The van der Waals surface area contributed by atoms with E-state index in [-0.39, 0.29) is 23.9 Å². The first kappa shape index (κ1) is 27.3. The molecule has 0 spiro atoms. The summed E-state index contributed by atoms with van der Waals surface area (Å²) in [6, 6.07) is 15.6. The fourth-order valence-corrected chi connectivity index (χ4v) is 4.88. The second-order valence-electron chi connectivity index (χ2n) is 8.45. The van der Waals surface area contributed by atoms with E-state index >= 15 is 0 Å². The molecule has 0 aliphatic heterocycles. The molecule has 4 rings (SSSR count). The molecule has 1 heterocycles. The van der Waals surface area contributed by atoms with Gasteiger partial charge in [0.15, 0.2) is 11.5 Å². The molecule has 0 saturated heterocycles. The minimum absolute atomic E-state index is 0.0335. The van der Waals surface area contributed by atoms with Crippen molar-refractivity contribution in [2.24, 2.45) is 5.10 Å². The Bertz CT molecular complexity index is 1520. The summed E-state index contributed by atoms with van der Waals surface area (Å²) < 4.78 is 28.8. The first-order valence-corrected chi connectivity index (χ1v) is 13.8. The van der Waals surface area contributed by atoms with Crippen molar-refractivity contribution in [2.45, 2.75) is 39.7 Å². The second-order valence-corrected chi connectivity index (χ2v) is 10.5. The number of aromatic nitrogens is 2. The quantitative estimate of drug-likeness (QED) is 0.138. The molecule has 3 aromatic carbocycles. The number of nitrogens with zero attached hydrogens (tertiary/aromatic N) is 3. The molecule has 0 aliphatic carbocycles. The highest BCUT2D eigenvalue weighted by atomic mass is 127. The lowest BCUT2D eigenvalue weighted by molar-refractivity contribution is 0.264. The molecule has 0 N–H and O–H groups in total. The van der Waals surface area contributed by atoms with Crippen LogP contribution in [0.4, 0.5) is 4.39 Å². The molecule has 0 radical (unpaired) electrons. The van der Waals surface area contributed by atoms with Gasteiger partial charge in [-0.15, -0.1) is 0 Å². The Morgan fingerprint density at radius 3 is 2.68 bits per heavy atom. The predicted octanol–water partition coefficient (Wildman–Crippen LogP) is 7.28. The number of halogens is 3. The van der Waals surface area contributed by atoms with Gasteiger partial charge in [-0.2, -0.15) is 9.78 Å². The molecule has 0 saturated carbocycles. The fraction of sp³-hybridized carbons (Fsp3) is 0.250. The van der Waals surface area contributed by atoms with Crippen LogP contribution in [0.1, 0.15) is 50.1 Å². The van der Waals surface area contributed by atoms with Gasteiger partial charge in [0.05, 0.1) is 27.3 Å². The Morgan fingerprint density at radius 2 is 1.95 bits per heavy atom. The van der Waals surface area contributed by atoms with Gasteiger partial charge >= 0.3 is 0 Å². The summed E-state index contributed by atoms with van der Waals surface area (Å²) in [5.74, 6) is 1.35. The zero-order chi connectivity index (χ0) is 26.5. The van der Waals surface area contributed by atoms with E-state index in [1.165, 1.54) is 10.7 Å². The van der Waals surface area contributed by atoms with E-state index < -0.39 is 0 Å². The van der Waals surface area contributed by atoms with E-state index in [0.29, 0.717) is 40.4 Å². The van der Waals surface area contributed by atoms with Gasteiger partial charge in [-0.3, -0.25) is 4.79 Å². The number of rotatable bonds is 9. The van der Waals surface area contributed by atoms with E-state index in [1.807, 2.05) is 39.0 Å². The van der Waals surface area contributed by atoms with Crippen LogP contribution in [0.2, 0.25) is 0 Å². The van der Waals surface area contributed by atoms with E-state index in [1.54, 1.807) is 36.5 Å². The van der Waals surface area contributed by atoms with Gasteiger partial charge in [0.2, 0.25) is 0 Å². The normalized spacial score (nSPS) is 12.3. The van der Waals surface area contributed by atoms with Crippen LogP contribution in [0, 0.1) is 9.39 Å². The van der Waals surface area contributed by atoms with Crippen LogP contribution in [0.15, 0.2) is 69.0 Å². The average molecular weight is 678 g/mol. The van der Waals surface area contributed by atoms with Crippen molar-refractivity contribution in [3.05, 3.63) is 95.8 Å². The minimum Gasteiger partial charge on any atom is -0.490 e. The van der Waals surface area contributed by atoms with Crippen molar-refractivity contribution in [1.29, 1.82) is 0 Å². The average Bonchev–Trinajstić information content (AvgIpc) is 2.88. The molecule has 1 atom stereocenters. The van der Waals surface area contributed by atoms with Crippen LogP contribution in [0.3, 0.4) is 0 Å². The third-order valence-corrected chi connectivity index (χ3v) is 7.16. The molecule has 0 aliphatic rings. The monoisotopic (exact) mass is 677 g/mol. The Morgan fingerprint density at radius 1 is 1.16 bits per heavy atom. The van der Waals surface area contributed by atoms with Gasteiger partial charge in [0.25, 0.3) is 5.56 Å². The zero-order valence-electron chi connectivity index (χ0n) is 20.7. The van der Waals surface area contributed by atoms with Crippen LogP contribution in [-0.4, -0.2) is 22.5 Å². The molecule has 0 unspecified atom stereocenters. The smallest absolute Gasteiger partial charge is 0.282 e. The molecular formula is C28H26BrFIN3O3. The molecule has 4 aromatic rings. The highest BCUT2D eigenvalue weighted by Crippen LogP contribution is 2.35. The third kappa shape index (κ3) is 6.20. The molecule has 9 heteroatoms. The van der Waals surface area contributed by atoms with E-state index in [2.05, 4.69) is 43.6 Å². The number of hydrogen-bond acceptors (Lipinski definition) is 5. The van der Waals surface area contributed by atoms with Gasteiger partial charge in [-0.05, 0) is 77.9 Å². The molecule has 0 fully saturated rings. The van der Waals surface area contributed by atoms with E-state index in [0.717, 1.165) is 20.0 Å². The lowest BCUT2D eigenvalue weighted by Crippen LogP contribution is -2.23. The molecule has 192 valence electrons. The van der Waals surface area contributed by atoms with Crippen LogP contribution in [-0.2, 0) is 6.61 Å². The Kier molecular flexibility index (Phi) is 8.96. The number of fused-ring (bicyclic) bond motifs is 1. The summed E-state index contributed by atoms with van der Waals surface area (Å²) in [4.78, 5) is 18.1. The third-order valence-electron chi connectivity index (χ3n) is 5.87. The van der Waals surface area contributed by atoms with Crippen molar-refractivity contribution < 1.29 is 13.9 Å². The topological polar surface area (TPSA) is 65.7 Å². The maximum Gasteiger partial charge on any atom is 0.282 e. The van der Waals surface area contributed by atoms with Crippen LogP contribution >= 0.6 is 38.5 Å². The summed E-state index contributed by atoms with van der Waals surface area (Å²) in [5.41, 5.74) is 1.59. The summed E-state index contributed by atoms with van der Waals surface area (Å²) in [7, 11) is 0. The van der Waals surface area contributed by atoms with Gasteiger partial charge in [-0.1, -0.05) is 48.0 Å². The maximum absolute atomic E-state index is 14.1. The first-order valence-electron chi connectivity index (χ1n) is 11.9. The van der Waals surface area contributed by atoms with Crippen molar-refractivity contribution in [1.82, 2.24) is 9.66 Å². The number of hydrogen-bond donors (Lipinski definition) is 0. The van der Waals surface area contributed by atoms with Gasteiger partial charge in [-0.25, -0.2) is 9.37 Å². The Hall–Kier alpha value is -2.79. The number of benzene rings is 3. The molecular weight excluding hydrogens is 652 g/mol. The largest absolute Gasteiger partial charge is 0.490 e. The van der Waals surface area contributed by atoms with Gasteiger partial charge < -0.3 is 9.47 Å². The summed E-state index contributed by atoms with van der Waals surface area (Å²) in [6.07, 6.45) is 2.43.